The summed E-state index contributed by atoms with van der Waals surface area (Å²) in [6, 6.07) is 9.19. The van der Waals surface area contributed by atoms with E-state index in [1.165, 1.54) is 24.3 Å². The minimum Gasteiger partial charge on any atom is -0.366 e. The van der Waals surface area contributed by atoms with Gasteiger partial charge in [-0.1, -0.05) is 13.8 Å². The highest BCUT2D eigenvalue weighted by molar-refractivity contribution is 5.97. The number of halogens is 2. The number of carbonyl (C=O) groups is 2. The Morgan fingerprint density at radius 3 is 2.52 bits per heavy atom. The Morgan fingerprint density at radius 2 is 1.87 bits per heavy atom. The van der Waals surface area contributed by atoms with E-state index in [0.717, 1.165) is 23.0 Å². The second-order valence-corrected chi connectivity index (χ2v) is 8.56. The number of primary amides is 1. The van der Waals surface area contributed by atoms with Crippen molar-refractivity contribution in [2.24, 2.45) is 11.1 Å². The fourth-order valence-electron chi connectivity index (χ4n) is 4.06. The van der Waals surface area contributed by atoms with Crippen LogP contribution in [-0.2, 0) is 6.42 Å². The van der Waals surface area contributed by atoms with Crippen molar-refractivity contribution in [1.82, 2.24) is 15.1 Å². The summed E-state index contributed by atoms with van der Waals surface area (Å²) in [5, 5.41) is 7.36. The molecule has 8 heteroatoms. The van der Waals surface area contributed by atoms with Crippen LogP contribution >= 0.6 is 0 Å². The van der Waals surface area contributed by atoms with E-state index >= 15 is 0 Å². The lowest BCUT2D eigenvalue weighted by Crippen LogP contribution is -2.37. The smallest absolute Gasteiger partial charge is 0.254 e. The first-order chi connectivity index (χ1) is 14.6. The second-order valence-electron chi connectivity index (χ2n) is 8.56. The van der Waals surface area contributed by atoms with E-state index in [-0.39, 0.29) is 28.4 Å². The monoisotopic (exact) mass is 424 g/mol. The molecule has 0 fully saturated rings. The van der Waals surface area contributed by atoms with Crippen LogP contribution in [0.15, 0.2) is 48.7 Å². The summed E-state index contributed by atoms with van der Waals surface area (Å²) in [6.45, 7) is 4.17. The summed E-state index contributed by atoms with van der Waals surface area (Å²) < 4.78 is 29.5. The van der Waals surface area contributed by atoms with E-state index in [1.807, 2.05) is 0 Å². The molecule has 2 amide bonds. The first-order valence-corrected chi connectivity index (χ1v) is 9.87. The predicted octanol–water partition coefficient (Wildman–Crippen LogP) is 3.69. The SMILES string of the molecule is CC1(C)Cc2c(cnn2-c2ccc(F)cc2)C(NC(=O)c2ccc(C(N)=O)cc2F)C1. The normalized spacial score (nSPS) is 17.1. The van der Waals surface area contributed by atoms with Crippen molar-refractivity contribution < 1.29 is 18.4 Å². The van der Waals surface area contributed by atoms with Crippen LogP contribution in [0.1, 0.15) is 58.3 Å². The molecule has 1 atom stereocenters. The van der Waals surface area contributed by atoms with Crippen molar-refractivity contribution >= 4 is 11.8 Å². The van der Waals surface area contributed by atoms with E-state index < -0.39 is 17.6 Å². The third-order valence-electron chi connectivity index (χ3n) is 5.55. The molecule has 1 unspecified atom stereocenters. The molecule has 1 heterocycles. The lowest BCUT2D eigenvalue weighted by atomic mass is 9.74. The number of nitrogens with two attached hydrogens (primary N) is 1. The number of nitrogens with zero attached hydrogens (tertiary/aromatic N) is 2. The fraction of sp³-hybridized carbons (Fsp3) is 0.261. The van der Waals surface area contributed by atoms with Gasteiger partial charge in [0.15, 0.2) is 0 Å². The third kappa shape index (κ3) is 4.05. The van der Waals surface area contributed by atoms with Gasteiger partial charge in [0.05, 0.1) is 29.2 Å². The number of hydrogen-bond donors (Lipinski definition) is 2. The van der Waals surface area contributed by atoms with Gasteiger partial charge in [-0.05, 0) is 60.7 Å². The van der Waals surface area contributed by atoms with E-state index in [1.54, 1.807) is 23.0 Å². The Hall–Kier alpha value is -3.55. The second kappa shape index (κ2) is 7.61. The highest BCUT2D eigenvalue weighted by atomic mass is 19.1. The van der Waals surface area contributed by atoms with Crippen LogP contribution in [0.25, 0.3) is 5.69 Å². The molecular formula is C23H22F2N4O2. The van der Waals surface area contributed by atoms with Crippen LogP contribution in [0, 0.1) is 17.0 Å². The Bertz CT molecular complexity index is 1170. The van der Waals surface area contributed by atoms with Gasteiger partial charge in [-0.25, -0.2) is 13.5 Å². The molecule has 0 spiro atoms. The Balaban J connectivity index is 1.65. The van der Waals surface area contributed by atoms with Crippen LogP contribution in [0.5, 0.6) is 0 Å². The number of amides is 2. The zero-order valence-electron chi connectivity index (χ0n) is 17.2. The molecule has 1 aromatic heterocycles. The molecule has 6 nitrogen and oxygen atoms in total. The van der Waals surface area contributed by atoms with E-state index in [0.29, 0.717) is 12.8 Å². The number of carbonyl (C=O) groups excluding carboxylic acids is 2. The molecule has 3 aromatic rings. The first kappa shape index (κ1) is 20.7. The highest BCUT2D eigenvalue weighted by Crippen LogP contribution is 2.41. The van der Waals surface area contributed by atoms with Crippen molar-refractivity contribution in [3.8, 4) is 5.69 Å². The van der Waals surface area contributed by atoms with Crippen LogP contribution in [0.3, 0.4) is 0 Å². The summed E-state index contributed by atoms with van der Waals surface area (Å²) in [5.74, 6) is -2.50. The largest absolute Gasteiger partial charge is 0.366 e. The molecule has 1 aliphatic carbocycles. The van der Waals surface area contributed by atoms with Crippen molar-refractivity contribution in [2.45, 2.75) is 32.7 Å². The molecule has 0 radical (unpaired) electrons. The maximum atomic E-state index is 14.4. The molecule has 4 rings (SSSR count). The Kier molecular flexibility index (Phi) is 5.08. The van der Waals surface area contributed by atoms with Gasteiger partial charge in [-0.2, -0.15) is 5.10 Å². The van der Waals surface area contributed by atoms with Crippen LogP contribution in [-0.4, -0.2) is 21.6 Å². The number of fused-ring (bicyclic) bond motifs is 1. The van der Waals surface area contributed by atoms with Crippen molar-refractivity contribution in [3.63, 3.8) is 0 Å². The predicted molar refractivity (Wildman–Crippen MR) is 111 cm³/mol. The fourth-order valence-corrected chi connectivity index (χ4v) is 4.06. The molecule has 31 heavy (non-hydrogen) atoms. The zero-order chi connectivity index (χ0) is 22.3. The summed E-state index contributed by atoms with van der Waals surface area (Å²) in [4.78, 5) is 24.0. The van der Waals surface area contributed by atoms with E-state index in [9.17, 15) is 18.4 Å². The molecule has 160 valence electrons. The maximum absolute atomic E-state index is 14.4. The number of aromatic nitrogens is 2. The first-order valence-electron chi connectivity index (χ1n) is 9.87. The van der Waals surface area contributed by atoms with Gasteiger partial charge < -0.3 is 11.1 Å². The minimum absolute atomic E-state index is 0.00397. The molecule has 0 bridgehead atoms. The lowest BCUT2D eigenvalue weighted by Gasteiger charge is -2.36. The van der Waals surface area contributed by atoms with Crippen LogP contribution in [0.2, 0.25) is 0 Å². The summed E-state index contributed by atoms with van der Waals surface area (Å²) in [7, 11) is 0. The minimum atomic E-state index is -0.814. The molecule has 0 saturated carbocycles. The van der Waals surface area contributed by atoms with Crippen molar-refractivity contribution in [2.75, 3.05) is 0 Å². The average molecular weight is 424 g/mol. The number of nitrogens with one attached hydrogen (secondary N) is 1. The van der Waals surface area contributed by atoms with Gasteiger partial charge in [-0.3, -0.25) is 9.59 Å². The number of benzene rings is 2. The molecule has 0 saturated heterocycles. The van der Waals surface area contributed by atoms with E-state index in [2.05, 4.69) is 24.3 Å². The van der Waals surface area contributed by atoms with E-state index in [4.69, 9.17) is 5.73 Å². The third-order valence-corrected chi connectivity index (χ3v) is 5.55. The highest BCUT2D eigenvalue weighted by Gasteiger charge is 2.36. The van der Waals surface area contributed by atoms with Crippen LogP contribution in [0.4, 0.5) is 8.78 Å². The quantitative estimate of drug-likeness (QED) is 0.669. The van der Waals surface area contributed by atoms with Crippen molar-refractivity contribution in [1.29, 1.82) is 0 Å². The van der Waals surface area contributed by atoms with Gasteiger partial charge in [0.1, 0.15) is 11.6 Å². The Morgan fingerprint density at radius 1 is 1.16 bits per heavy atom. The van der Waals surface area contributed by atoms with Gasteiger partial charge in [-0.15, -0.1) is 0 Å². The lowest BCUT2D eigenvalue weighted by molar-refractivity contribution is 0.0913. The standard InChI is InChI=1S/C23H22F2N4O2/c1-23(2)10-19(28-22(31)16-8-3-13(21(26)30)9-18(16)25)17-12-27-29(20(17)11-23)15-6-4-14(24)5-7-15/h3-9,12,19H,10-11H2,1-2H3,(H2,26,30)(H,28,31). The average Bonchev–Trinajstić information content (AvgIpc) is 3.11. The summed E-state index contributed by atoms with van der Waals surface area (Å²) in [5.41, 5.74) is 7.31. The molecule has 0 aliphatic heterocycles. The summed E-state index contributed by atoms with van der Waals surface area (Å²) >= 11 is 0. The van der Waals surface area contributed by atoms with Crippen molar-refractivity contribution in [3.05, 3.63) is 82.7 Å². The number of rotatable bonds is 4. The molecule has 1 aliphatic rings. The topological polar surface area (TPSA) is 90.0 Å². The molecule has 3 N–H and O–H groups in total. The maximum Gasteiger partial charge on any atom is 0.254 e. The summed E-state index contributed by atoms with van der Waals surface area (Å²) in [6.07, 6.45) is 3.04. The van der Waals surface area contributed by atoms with Gasteiger partial charge in [0, 0.05) is 11.1 Å². The number of hydrogen-bond acceptors (Lipinski definition) is 3. The van der Waals surface area contributed by atoms with Gasteiger partial charge in [0.2, 0.25) is 5.91 Å². The Labute approximate surface area is 178 Å². The van der Waals surface area contributed by atoms with Crippen LogP contribution < -0.4 is 11.1 Å². The zero-order valence-corrected chi connectivity index (χ0v) is 17.2. The van der Waals surface area contributed by atoms with Gasteiger partial charge >= 0.3 is 0 Å². The van der Waals surface area contributed by atoms with Gasteiger partial charge in [0.25, 0.3) is 5.91 Å². The molecular weight excluding hydrogens is 402 g/mol. The molecule has 2 aromatic carbocycles.